The van der Waals surface area contributed by atoms with E-state index in [2.05, 4.69) is 0 Å². The molecule has 0 radical (unpaired) electrons. The van der Waals surface area contributed by atoms with Gasteiger partial charge in [0.15, 0.2) is 5.78 Å². The van der Waals surface area contributed by atoms with Gasteiger partial charge in [-0.2, -0.15) is 0 Å². The van der Waals surface area contributed by atoms with Crippen LogP contribution in [0.15, 0.2) is 18.2 Å². The van der Waals surface area contributed by atoms with Crippen LogP contribution in [0.2, 0.25) is 0 Å². The molecule has 0 unspecified atom stereocenters. The summed E-state index contributed by atoms with van der Waals surface area (Å²) in [7, 11) is 1.46. The van der Waals surface area contributed by atoms with Gasteiger partial charge in [-0.05, 0) is 36.8 Å². The fourth-order valence-electron chi connectivity index (χ4n) is 4.98. The van der Waals surface area contributed by atoms with Gasteiger partial charge < -0.3 is 39.7 Å². The number of benzene rings is 2. The van der Waals surface area contributed by atoms with Crippen molar-refractivity contribution in [3.8, 4) is 17.2 Å². The number of methoxy groups -OCH3 is 1. The van der Waals surface area contributed by atoms with Crippen molar-refractivity contribution < 1.29 is 44.5 Å². The average Bonchev–Trinajstić information content (AvgIpc) is 2.84. The Balaban J connectivity index is 1.78. The lowest BCUT2D eigenvalue weighted by Crippen LogP contribution is -2.60. The fourth-order valence-corrected chi connectivity index (χ4v) is 4.98. The maximum atomic E-state index is 13.3. The monoisotopic (exact) mass is 476 g/mol. The van der Waals surface area contributed by atoms with Gasteiger partial charge in [0.05, 0.1) is 24.7 Å². The second kappa shape index (κ2) is 10.1. The van der Waals surface area contributed by atoms with Gasteiger partial charge in [0.2, 0.25) is 6.29 Å². The molecule has 4 rings (SSSR count). The van der Waals surface area contributed by atoms with Gasteiger partial charge in [-0.3, -0.25) is 4.79 Å². The number of aryl methyl sites for hydroxylation is 1. The Morgan fingerprint density at radius 2 is 1.76 bits per heavy atom. The van der Waals surface area contributed by atoms with Crippen molar-refractivity contribution in [2.24, 2.45) is 5.92 Å². The van der Waals surface area contributed by atoms with Crippen LogP contribution in [0.5, 0.6) is 17.2 Å². The summed E-state index contributed by atoms with van der Waals surface area (Å²) in [5, 5.41) is 52.1. The molecule has 186 valence electrons. The van der Waals surface area contributed by atoms with Gasteiger partial charge in [0, 0.05) is 12.0 Å². The van der Waals surface area contributed by atoms with Gasteiger partial charge in [0.1, 0.15) is 41.7 Å². The molecule has 5 atom stereocenters. The second-order valence-electron chi connectivity index (χ2n) is 9.16. The van der Waals surface area contributed by atoms with Crippen LogP contribution in [0.1, 0.15) is 48.0 Å². The summed E-state index contributed by atoms with van der Waals surface area (Å²) < 4.78 is 16.7. The molecule has 0 amide bonds. The third-order valence-corrected chi connectivity index (χ3v) is 6.90. The van der Waals surface area contributed by atoms with Crippen LogP contribution in [-0.2, 0) is 4.74 Å². The molecule has 1 aliphatic carbocycles. The summed E-state index contributed by atoms with van der Waals surface area (Å²) in [4.78, 5) is 13.3. The zero-order valence-electron chi connectivity index (χ0n) is 19.3. The van der Waals surface area contributed by atoms with E-state index in [-0.39, 0.29) is 34.1 Å². The van der Waals surface area contributed by atoms with Gasteiger partial charge in [-0.15, -0.1) is 0 Å². The van der Waals surface area contributed by atoms with Crippen LogP contribution in [-0.4, -0.2) is 75.7 Å². The predicted molar refractivity (Wildman–Crippen MR) is 122 cm³/mol. The van der Waals surface area contributed by atoms with Crippen LogP contribution in [0.4, 0.5) is 0 Å². The molecule has 2 aliphatic rings. The van der Waals surface area contributed by atoms with Crippen molar-refractivity contribution in [3.05, 3.63) is 29.3 Å². The maximum Gasteiger partial charge on any atom is 0.229 e. The van der Waals surface area contributed by atoms with Gasteiger partial charge in [-0.25, -0.2) is 0 Å². The highest BCUT2D eigenvalue weighted by atomic mass is 16.7. The molecule has 1 saturated carbocycles. The molecule has 2 aromatic rings. The Bertz CT molecular complexity index is 1040. The molecule has 1 heterocycles. The number of fused-ring (bicyclic) bond motifs is 1. The largest absolute Gasteiger partial charge is 0.506 e. The lowest BCUT2D eigenvalue weighted by atomic mass is 9.82. The normalized spacial score (nSPS) is 28.1. The van der Waals surface area contributed by atoms with Crippen LogP contribution in [0.3, 0.4) is 0 Å². The Labute approximate surface area is 197 Å². The van der Waals surface area contributed by atoms with Crippen molar-refractivity contribution in [1.29, 1.82) is 0 Å². The molecule has 9 nitrogen and oxygen atoms in total. The highest BCUT2D eigenvalue weighted by Gasteiger charge is 2.45. The summed E-state index contributed by atoms with van der Waals surface area (Å²) in [6, 6.07) is 4.94. The summed E-state index contributed by atoms with van der Waals surface area (Å²) >= 11 is 0. The van der Waals surface area contributed by atoms with Crippen LogP contribution >= 0.6 is 0 Å². The number of phenols is 1. The number of aliphatic hydroxyl groups is 4. The molecular formula is C25H32O9. The first-order chi connectivity index (χ1) is 16.3. The third kappa shape index (κ3) is 4.46. The Kier molecular flexibility index (Phi) is 7.30. The number of carbonyl (C=O) groups is 1. The van der Waals surface area contributed by atoms with Gasteiger partial charge >= 0.3 is 0 Å². The molecule has 9 heteroatoms. The Morgan fingerprint density at radius 3 is 2.41 bits per heavy atom. The standard InChI is InChI=1S/C25H32O9/c1-12-8-14-9-15(32-2)10-16(33-25-24(31)23(30)21(28)17(11-26)34-25)19(14)22(29)18(12)20(27)13-6-4-3-5-7-13/h8-10,13,17,21,23-26,28-31H,3-7,11H2,1-2H3/t17-,21-,23+,24-,25+/m1/s1. The minimum atomic E-state index is -1.63. The summed E-state index contributed by atoms with van der Waals surface area (Å²) in [5.74, 6) is -0.0194. The number of aromatic hydroxyl groups is 1. The predicted octanol–water partition coefficient (Wildman–Crippen LogP) is 1.80. The average molecular weight is 477 g/mol. The molecular weight excluding hydrogens is 444 g/mol. The van der Waals surface area contributed by atoms with E-state index < -0.39 is 37.3 Å². The number of carbonyl (C=O) groups excluding carboxylic acids is 1. The number of phenolic OH excluding ortho intramolecular Hbond substituents is 1. The summed E-state index contributed by atoms with van der Waals surface area (Å²) in [6.07, 6.45) is -2.76. The van der Waals surface area contributed by atoms with Crippen molar-refractivity contribution in [2.45, 2.75) is 69.7 Å². The SMILES string of the molecule is COc1cc(O[C@H]2O[C@H](CO)[C@@H](O)[C@H](O)[C@H]2O)c2c(O)c(C(=O)C3CCCCC3)c(C)cc2c1. The highest BCUT2D eigenvalue weighted by molar-refractivity contribution is 6.09. The van der Waals surface area contributed by atoms with E-state index in [0.717, 1.165) is 32.1 Å². The molecule has 0 aromatic heterocycles. The molecule has 2 aromatic carbocycles. The van der Waals surface area contributed by atoms with Gasteiger partial charge in [0.25, 0.3) is 0 Å². The van der Waals surface area contributed by atoms with E-state index in [1.807, 2.05) is 0 Å². The molecule has 34 heavy (non-hydrogen) atoms. The Hall–Kier alpha value is -2.43. The molecule has 2 fully saturated rings. The number of hydrogen-bond acceptors (Lipinski definition) is 9. The topological polar surface area (TPSA) is 146 Å². The molecule has 0 spiro atoms. The van der Waals surface area contributed by atoms with E-state index in [1.54, 1.807) is 19.1 Å². The molecule has 5 N–H and O–H groups in total. The number of ketones is 1. The van der Waals surface area contributed by atoms with Crippen LogP contribution in [0.25, 0.3) is 10.8 Å². The molecule has 1 aliphatic heterocycles. The maximum absolute atomic E-state index is 13.3. The third-order valence-electron chi connectivity index (χ3n) is 6.90. The van der Waals surface area contributed by atoms with E-state index in [1.165, 1.54) is 13.2 Å². The molecule has 1 saturated heterocycles. The first kappa shape index (κ1) is 24.7. The van der Waals surface area contributed by atoms with Crippen molar-refractivity contribution in [1.82, 2.24) is 0 Å². The van der Waals surface area contributed by atoms with Crippen LogP contribution < -0.4 is 9.47 Å². The van der Waals surface area contributed by atoms with Crippen molar-refractivity contribution >= 4 is 16.6 Å². The van der Waals surface area contributed by atoms with Crippen molar-refractivity contribution in [3.63, 3.8) is 0 Å². The number of rotatable bonds is 6. The quantitative estimate of drug-likeness (QED) is 0.394. The number of aliphatic hydroxyl groups excluding tert-OH is 4. The minimum absolute atomic E-state index is 0.0638. The van der Waals surface area contributed by atoms with E-state index >= 15 is 0 Å². The lowest BCUT2D eigenvalue weighted by Gasteiger charge is -2.39. The fraction of sp³-hybridized carbons (Fsp3) is 0.560. The number of ether oxygens (including phenoxy) is 3. The zero-order valence-corrected chi connectivity index (χ0v) is 19.3. The van der Waals surface area contributed by atoms with E-state index in [0.29, 0.717) is 16.7 Å². The minimum Gasteiger partial charge on any atom is -0.506 e. The number of Topliss-reactive ketones (excluding diaryl/α,β-unsaturated/α-hetero) is 1. The smallest absolute Gasteiger partial charge is 0.229 e. The first-order valence-electron chi connectivity index (χ1n) is 11.6. The second-order valence-corrected chi connectivity index (χ2v) is 9.16. The lowest BCUT2D eigenvalue weighted by molar-refractivity contribution is -0.277. The summed E-state index contributed by atoms with van der Waals surface area (Å²) in [6.45, 7) is 1.17. The zero-order chi connectivity index (χ0) is 24.6. The van der Waals surface area contributed by atoms with E-state index in [4.69, 9.17) is 14.2 Å². The first-order valence-corrected chi connectivity index (χ1v) is 11.6. The van der Waals surface area contributed by atoms with Crippen molar-refractivity contribution in [2.75, 3.05) is 13.7 Å². The highest BCUT2D eigenvalue weighted by Crippen LogP contribution is 2.43. The molecule has 0 bridgehead atoms. The van der Waals surface area contributed by atoms with Crippen LogP contribution in [0, 0.1) is 12.8 Å². The van der Waals surface area contributed by atoms with Gasteiger partial charge in [-0.1, -0.05) is 25.3 Å². The summed E-state index contributed by atoms with van der Waals surface area (Å²) in [5.41, 5.74) is 0.871. The van der Waals surface area contributed by atoms with E-state index in [9.17, 15) is 30.3 Å². The number of hydrogen-bond donors (Lipinski definition) is 5. The Morgan fingerprint density at radius 1 is 1.06 bits per heavy atom.